The SMILES string of the molecule is N#Cc1c(F)cccc1NC(=O)NCCCCCC(=O)O. The topological polar surface area (TPSA) is 102 Å². The van der Waals surface area contributed by atoms with Crippen molar-refractivity contribution in [2.75, 3.05) is 11.9 Å². The summed E-state index contributed by atoms with van der Waals surface area (Å²) in [6, 6.07) is 5.14. The van der Waals surface area contributed by atoms with Gasteiger partial charge in [-0.05, 0) is 25.0 Å². The minimum Gasteiger partial charge on any atom is -0.481 e. The first-order valence-electron chi connectivity index (χ1n) is 6.50. The molecule has 0 aliphatic rings. The Kier molecular flexibility index (Phi) is 6.68. The summed E-state index contributed by atoms with van der Waals surface area (Å²) in [6.45, 7) is 0.378. The van der Waals surface area contributed by atoms with Crippen LogP contribution in [0.2, 0.25) is 0 Å². The number of urea groups is 1. The van der Waals surface area contributed by atoms with Gasteiger partial charge >= 0.3 is 12.0 Å². The Balaban J connectivity index is 2.33. The molecular weight excluding hydrogens is 277 g/mol. The zero-order chi connectivity index (χ0) is 15.7. The Morgan fingerprint density at radius 1 is 1.29 bits per heavy atom. The number of hydrogen-bond donors (Lipinski definition) is 3. The number of unbranched alkanes of at least 4 members (excludes halogenated alkanes) is 2. The Morgan fingerprint density at radius 2 is 2.05 bits per heavy atom. The highest BCUT2D eigenvalue weighted by Crippen LogP contribution is 2.17. The first-order chi connectivity index (χ1) is 10.0. The van der Waals surface area contributed by atoms with Gasteiger partial charge in [-0.25, -0.2) is 9.18 Å². The number of amides is 2. The molecular formula is C14H16FN3O3. The van der Waals surface area contributed by atoms with Crippen LogP contribution in [0.25, 0.3) is 0 Å². The fraction of sp³-hybridized carbons (Fsp3) is 0.357. The van der Waals surface area contributed by atoms with Crippen molar-refractivity contribution in [2.45, 2.75) is 25.7 Å². The molecule has 112 valence electrons. The molecule has 1 aromatic carbocycles. The van der Waals surface area contributed by atoms with Gasteiger partial charge in [0.15, 0.2) is 0 Å². The van der Waals surface area contributed by atoms with E-state index in [2.05, 4.69) is 10.6 Å². The highest BCUT2D eigenvalue weighted by Gasteiger charge is 2.10. The van der Waals surface area contributed by atoms with Crippen LogP contribution < -0.4 is 10.6 Å². The van der Waals surface area contributed by atoms with Gasteiger partial charge in [0.2, 0.25) is 0 Å². The number of anilines is 1. The van der Waals surface area contributed by atoms with Gasteiger partial charge in [-0.15, -0.1) is 0 Å². The van der Waals surface area contributed by atoms with E-state index in [0.29, 0.717) is 25.8 Å². The Hall–Kier alpha value is -2.62. The molecule has 0 spiro atoms. The van der Waals surface area contributed by atoms with E-state index in [9.17, 15) is 14.0 Å². The summed E-state index contributed by atoms with van der Waals surface area (Å²) in [5.74, 6) is -1.53. The lowest BCUT2D eigenvalue weighted by Gasteiger charge is -2.09. The molecule has 0 aliphatic carbocycles. The van der Waals surface area contributed by atoms with Crippen LogP contribution in [-0.2, 0) is 4.79 Å². The van der Waals surface area contributed by atoms with E-state index in [1.165, 1.54) is 12.1 Å². The van der Waals surface area contributed by atoms with Gasteiger partial charge < -0.3 is 15.7 Å². The molecule has 3 N–H and O–H groups in total. The maximum absolute atomic E-state index is 13.3. The number of carboxylic acid groups (broad SMARTS) is 1. The van der Waals surface area contributed by atoms with Crippen molar-refractivity contribution < 1.29 is 19.1 Å². The number of aliphatic carboxylic acids is 1. The number of rotatable bonds is 7. The minimum atomic E-state index is -0.837. The van der Waals surface area contributed by atoms with Crippen molar-refractivity contribution in [3.05, 3.63) is 29.6 Å². The molecule has 0 saturated carbocycles. The van der Waals surface area contributed by atoms with Gasteiger partial charge in [0.25, 0.3) is 0 Å². The third-order valence-electron chi connectivity index (χ3n) is 2.73. The number of nitrogens with one attached hydrogen (secondary N) is 2. The van der Waals surface area contributed by atoms with Crippen LogP contribution in [0.5, 0.6) is 0 Å². The molecule has 6 nitrogen and oxygen atoms in total. The third-order valence-corrected chi connectivity index (χ3v) is 2.73. The average Bonchev–Trinajstić information content (AvgIpc) is 2.42. The second-order valence-electron chi connectivity index (χ2n) is 4.36. The number of nitrogens with zero attached hydrogens (tertiary/aromatic N) is 1. The number of carboxylic acids is 1. The van der Waals surface area contributed by atoms with Crippen LogP contribution in [0.3, 0.4) is 0 Å². The predicted octanol–water partition coefficient (Wildman–Crippen LogP) is 2.46. The van der Waals surface area contributed by atoms with Crippen molar-refractivity contribution in [3.63, 3.8) is 0 Å². The molecule has 1 aromatic rings. The molecule has 0 fully saturated rings. The fourth-order valence-corrected chi connectivity index (χ4v) is 1.69. The maximum atomic E-state index is 13.3. The van der Waals surface area contributed by atoms with E-state index in [0.717, 1.165) is 6.07 Å². The molecule has 0 saturated heterocycles. The van der Waals surface area contributed by atoms with Gasteiger partial charge in [0, 0.05) is 13.0 Å². The quantitative estimate of drug-likeness (QED) is 0.672. The van der Waals surface area contributed by atoms with Gasteiger partial charge in [-0.1, -0.05) is 12.5 Å². The molecule has 0 radical (unpaired) electrons. The number of carbonyl (C=O) groups excluding carboxylic acids is 1. The summed E-state index contributed by atoms with van der Waals surface area (Å²) < 4.78 is 13.3. The van der Waals surface area contributed by atoms with Crippen LogP contribution in [0, 0.1) is 17.1 Å². The van der Waals surface area contributed by atoms with E-state index in [4.69, 9.17) is 10.4 Å². The highest BCUT2D eigenvalue weighted by molar-refractivity contribution is 5.90. The summed E-state index contributed by atoms with van der Waals surface area (Å²) in [5.41, 5.74) is -0.102. The fourth-order valence-electron chi connectivity index (χ4n) is 1.69. The molecule has 0 atom stereocenters. The molecule has 1 rings (SSSR count). The monoisotopic (exact) mass is 293 g/mol. The first-order valence-corrected chi connectivity index (χ1v) is 6.50. The standard InChI is InChI=1S/C14H16FN3O3/c15-11-5-4-6-12(10(11)9-16)18-14(21)17-8-3-1-2-7-13(19)20/h4-6H,1-3,7-8H2,(H,19,20)(H2,17,18,21). The normalized spacial score (nSPS) is 9.71. The molecule has 2 amide bonds. The molecule has 21 heavy (non-hydrogen) atoms. The van der Waals surface area contributed by atoms with Crippen molar-refractivity contribution in [2.24, 2.45) is 0 Å². The van der Waals surface area contributed by atoms with E-state index in [1.807, 2.05) is 0 Å². The summed E-state index contributed by atoms with van der Waals surface area (Å²) in [5, 5.41) is 22.2. The van der Waals surface area contributed by atoms with Crippen molar-refractivity contribution in [1.29, 1.82) is 5.26 Å². The molecule has 7 heteroatoms. The molecule has 0 bridgehead atoms. The zero-order valence-corrected chi connectivity index (χ0v) is 11.4. The van der Waals surface area contributed by atoms with Gasteiger partial charge in [0.05, 0.1) is 5.69 Å². The smallest absolute Gasteiger partial charge is 0.319 e. The lowest BCUT2D eigenvalue weighted by Crippen LogP contribution is -2.29. The maximum Gasteiger partial charge on any atom is 0.319 e. The van der Waals surface area contributed by atoms with E-state index in [-0.39, 0.29) is 17.7 Å². The van der Waals surface area contributed by atoms with E-state index < -0.39 is 17.8 Å². The molecule has 0 aliphatic heterocycles. The van der Waals surface area contributed by atoms with E-state index in [1.54, 1.807) is 6.07 Å². The number of hydrogen-bond acceptors (Lipinski definition) is 3. The van der Waals surface area contributed by atoms with Crippen LogP contribution in [0.1, 0.15) is 31.2 Å². The number of carbonyl (C=O) groups is 2. The number of benzene rings is 1. The molecule has 0 heterocycles. The summed E-state index contributed by atoms with van der Waals surface area (Å²) in [7, 11) is 0. The summed E-state index contributed by atoms with van der Waals surface area (Å²) >= 11 is 0. The van der Waals surface area contributed by atoms with Crippen molar-refractivity contribution in [1.82, 2.24) is 5.32 Å². The Bertz CT molecular complexity index is 555. The minimum absolute atomic E-state index is 0.112. The first kappa shape index (κ1) is 16.4. The molecule has 0 aromatic heterocycles. The van der Waals surface area contributed by atoms with Gasteiger partial charge in [-0.2, -0.15) is 5.26 Å². The van der Waals surface area contributed by atoms with Gasteiger partial charge in [-0.3, -0.25) is 4.79 Å². The Labute approximate surface area is 121 Å². The summed E-state index contributed by atoms with van der Waals surface area (Å²) in [6.07, 6.45) is 2.01. The van der Waals surface area contributed by atoms with Crippen LogP contribution in [-0.4, -0.2) is 23.7 Å². The predicted molar refractivity (Wildman–Crippen MR) is 74.2 cm³/mol. The largest absolute Gasteiger partial charge is 0.481 e. The zero-order valence-electron chi connectivity index (χ0n) is 11.4. The van der Waals surface area contributed by atoms with Crippen LogP contribution in [0.4, 0.5) is 14.9 Å². The second kappa shape index (κ2) is 8.53. The van der Waals surface area contributed by atoms with Crippen molar-refractivity contribution in [3.8, 4) is 6.07 Å². The van der Waals surface area contributed by atoms with Crippen LogP contribution >= 0.6 is 0 Å². The Morgan fingerprint density at radius 3 is 2.71 bits per heavy atom. The van der Waals surface area contributed by atoms with Gasteiger partial charge in [0.1, 0.15) is 17.4 Å². The second-order valence-corrected chi connectivity index (χ2v) is 4.36. The van der Waals surface area contributed by atoms with E-state index >= 15 is 0 Å². The van der Waals surface area contributed by atoms with Crippen LogP contribution in [0.15, 0.2) is 18.2 Å². The highest BCUT2D eigenvalue weighted by atomic mass is 19.1. The lowest BCUT2D eigenvalue weighted by molar-refractivity contribution is -0.137. The lowest BCUT2D eigenvalue weighted by atomic mass is 10.2. The molecule has 0 unspecified atom stereocenters. The third kappa shape index (κ3) is 5.91. The number of nitriles is 1. The van der Waals surface area contributed by atoms with Crippen molar-refractivity contribution >= 4 is 17.7 Å². The average molecular weight is 293 g/mol. The number of halogens is 1. The summed E-state index contributed by atoms with van der Waals surface area (Å²) in [4.78, 5) is 21.9.